The molecule has 1 unspecified atom stereocenters. The van der Waals surface area contributed by atoms with E-state index in [4.69, 9.17) is 11.0 Å². The molecule has 134 valence electrons. The summed E-state index contributed by atoms with van der Waals surface area (Å²) in [5.41, 5.74) is 8.72. The number of pyridine rings is 1. The number of fused-ring (bicyclic) bond motifs is 1. The van der Waals surface area contributed by atoms with Crippen LogP contribution in [0.4, 0.5) is 5.82 Å². The van der Waals surface area contributed by atoms with Gasteiger partial charge in [0, 0.05) is 24.1 Å². The van der Waals surface area contributed by atoms with Gasteiger partial charge in [0.05, 0.1) is 17.3 Å². The van der Waals surface area contributed by atoms with E-state index in [2.05, 4.69) is 10.3 Å². The lowest BCUT2D eigenvalue weighted by Crippen LogP contribution is -2.52. The largest absolute Gasteiger partial charge is 0.384 e. The van der Waals surface area contributed by atoms with E-state index in [0.29, 0.717) is 23.2 Å². The number of carbonyl (C=O) groups excluding carboxylic acids is 3. The number of rotatable bonds is 2. The van der Waals surface area contributed by atoms with Gasteiger partial charge >= 0.3 is 0 Å². The predicted molar refractivity (Wildman–Crippen MR) is 94.8 cm³/mol. The van der Waals surface area contributed by atoms with E-state index < -0.39 is 11.9 Å². The molecule has 1 aromatic carbocycles. The number of hydrogen-bond acceptors (Lipinski definition) is 6. The summed E-state index contributed by atoms with van der Waals surface area (Å²) in [7, 11) is 0. The van der Waals surface area contributed by atoms with Crippen molar-refractivity contribution in [3.63, 3.8) is 0 Å². The van der Waals surface area contributed by atoms with E-state index in [-0.39, 0.29) is 30.6 Å². The van der Waals surface area contributed by atoms with Crippen molar-refractivity contribution in [1.29, 1.82) is 5.26 Å². The molecule has 4 rings (SSSR count). The molecule has 1 fully saturated rings. The number of nitrogen functional groups attached to an aromatic ring is 1. The summed E-state index contributed by atoms with van der Waals surface area (Å²) in [5, 5.41) is 11.4. The fourth-order valence-corrected chi connectivity index (χ4v) is 3.50. The predicted octanol–water partition coefficient (Wildman–Crippen LogP) is 0.963. The van der Waals surface area contributed by atoms with Crippen molar-refractivity contribution in [2.45, 2.75) is 25.4 Å². The molecule has 2 aliphatic heterocycles. The summed E-state index contributed by atoms with van der Waals surface area (Å²) in [6.45, 7) is 0.279. The lowest BCUT2D eigenvalue weighted by Gasteiger charge is -2.29. The van der Waals surface area contributed by atoms with Gasteiger partial charge in [-0.25, -0.2) is 4.98 Å². The maximum atomic E-state index is 12.7. The number of nitrogens with one attached hydrogen (secondary N) is 1. The van der Waals surface area contributed by atoms with Crippen molar-refractivity contribution in [3.05, 3.63) is 47.0 Å². The molecule has 1 aromatic heterocycles. The summed E-state index contributed by atoms with van der Waals surface area (Å²) >= 11 is 0. The Bertz CT molecular complexity index is 1040. The number of piperidine rings is 1. The average Bonchev–Trinajstić information content (AvgIpc) is 2.97. The Morgan fingerprint density at radius 1 is 1.22 bits per heavy atom. The zero-order valence-electron chi connectivity index (χ0n) is 14.2. The van der Waals surface area contributed by atoms with Crippen molar-refractivity contribution >= 4 is 23.5 Å². The quantitative estimate of drug-likeness (QED) is 0.767. The summed E-state index contributed by atoms with van der Waals surface area (Å²) in [5.74, 6) is -0.748. The highest BCUT2D eigenvalue weighted by atomic mass is 16.2. The van der Waals surface area contributed by atoms with Crippen LogP contribution in [-0.4, -0.2) is 33.6 Å². The smallest absolute Gasteiger partial charge is 0.255 e. The van der Waals surface area contributed by atoms with Crippen molar-refractivity contribution in [1.82, 2.24) is 15.2 Å². The maximum absolute atomic E-state index is 12.7. The normalized spacial score (nSPS) is 18.9. The van der Waals surface area contributed by atoms with Crippen molar-refractivity contribution in [2.75, 3.05) is 5.73 Å². The van der Waals surface area contributed by atoms with Gasteiger partial charge < -0.3 is 10.6 Å². The number of hydrogen-bond donors (Lipinski definition) is 2. The van der Waals surface area contributed by atoms with Crippen LogP contribution in [0.5, 0.6) is 0 Å². The zero-order valence-corrected chi connectivity index (χ0v) is 14.2. The average molecular weight is 361 g/mol. The van der Waals surface area contributed by atoms with Gasteiger partial charge in [0.1, 0.15) is 11.9 Å². The minimum Gasteiger partial charge on any atom is -0.384 e. The van der Waals surface area contributed by atoms with E-state index >= 15 is 0 Å². The number of nitrogens with two attached hydrogens (primary N) is 1. The van der Waals surface area contributed by atoms with E-state index in [1.54, 1.807) is 18.2 Å². The molecule has 3 N–H and O–H groups in total. The van der Waals surface area contributed by atoms with Crippen LogP contribution in [0.2, 0.25) is 0 Å². The van der Waals surface area contributed by atoms with Gasteiger partial charge in [0.15, 0.2) is 0 Å². The molecule has 8 nitrogen and oxygen atoms in total. The molecule has 27 heavy (non-hydrogen) atoms. The Hall–Kier alpha value is -3.73. The first-order chi connectivity index (χ1) is 13.0. The third-order valence-electron chi connectivity index (χ3n) is 4.79. The van der Waals surface area contributed by atoms with Crippen LogP contribution < -0.4 is 11.1 Å². The Kier molecular flexibility index (Phi) is 3.85. The second-order valence-electron chi connectivity index (χ2n) is 6.55. The van der Waals surface area contributed by atoms with Gasteiger partial charge in [-0.1, -0.05) is 6.07 Å². The molecular weight excluding hydrogens is 346 g/mol. The number of aromatic nitrogens is 1. The Labute approximate surface area is 154 Å². The molecule has 8 heteroatoms. The molecule has 3 heterocycles. The van der Waals surface area contributed by atoms with Gasteiger partial charge in [-0.2, -0.15) is 5.26 Å². The van der Waals surface area contributed by atoms with E-state index in [9.17, 15) is 14.4 Å². The number of amides is 3. The molecule has 2 aromatic rings. The highest BCUT2D eigenvalue weighted by Gasteiger charge is 2.39. The van der Waals surface area contributed by atoms with Crippen LogP contribution in [0.25, 0.3) is 11.3 Å². The lowest BCUT2D eigenvalue weighted by molar-refractivity contribution is -0.136. The molecule has 1 atom stereocenters. The second-order valence-corrected chi connectivity index (χ2v) is 6.55. The van der Waals surface area contributed by atoms with Crippen LogP contribution in [0.15, 0.2) is 30.3 Å². The molecule has 2 aliphatic rings. The molecular formula is C19H15N5O3. The highest BCUT2D eigenvalue weighted by molar-refractivity contribution is 6.05. The SMILES string of the molecule is N#Cc1cc(N)nc(-c2ccc3c(c2)CN(C2CCC(=O)NC2=O)C3=O)c1. The fourth-order valence-electron chi connectivity index (χ4n) is 3.50. The first-order valence-corrected chi connectivity index (χ1v) is 8.42. The number of benzene rings is 1. The fraction of sp³-hybridized carbons (Fsp3) is 0.211. The molecule has 0 bridgehead atoms. The molecule has 0 aliphatic carbocycles. The zero-order chi connectivity index (χ0) is 19.1. The molecule has 1 saturated heterocycles. The molecule has 3 amide bonds. The molecule has 0 saturated carbocycles. The number of carbonyl (C=O) groups is 3. The van der Waals surface area contributed by atoms with Crippen molar-refractivity contribution in [2.24, 2.45) is 0 Å². The first kappa shape index (κ1) is 16.7. The summed E-state index contributed by atoms with van der Waals surface area (Å²) in [4.78, 5) is 41.9. The van der Waals surface area contributed by atoms with Gasteiger partial charge in [-0.15, -0.1) is 0 Å². The number of imide groups is 1. The summed E-state index contributed by atoms with van der Waals surface area (Å²) in [6.07, 6.45) is 0.533. The maximum Gasteiger partial charge on any atom is 0.255 e. The van der Waals surface area contributed by atoms with E-state index in [1.165, 1.54) is 11.0 Å². The van der Waals surface area contributed by atoms with Gasteiger partial charge in [0.2, 0.25) is 11.8 Å². The van der Waals surface area contributed by atoms with Crippen molar-refractivity contribution < 1.29 is 14.4 Å². The van der Waals surface area contributed by atoms with Crippen LogP contribution in [-0.2, 0) is 16.1 Å². The Morgan fingerprint density at radius 2 is 2.04 bits per heavy atom. The van der Waals surface area contributed by atoms with E-state index in [1.807, 2.05) is 12.1 Å². The standard InChI is InChI=1S/C19H15N5O3/c20-8-10-5-14(22-16(21)6-10)11-1-2-13-12(7-11)9-24(19(13)27)15-3-4-17(25)23-18(15)26/h1-2,5-7,15H,3-4,9H2,(H2,21,22)(H,23,25,26). The van der Waals surface area contributed by atoms with Crippen molar-refractivity contribution in [3.8, 4) is 17.3 Å². The van der Waals surface area contributed by atoms with Crippen LogP contribution in [0, 0.1) is 11.3 Å². The topological polar surface area (TPSA) is 129 Å². The number of anilines is 1. The van der Waals surface area contributed by atoms with Crippen LogP contribution >= 0.6 is 0 Å². The minimum atomic E-state index is -0.651. The van der Waals surface area contributed by atoms with E-state index in [0.717, 1.165) is 11.1 Å². The minimum absolute atomic E-state index is 0.214. The Balaban J connectivity index is 1.65. The second kappa shape index (κ2) is 6.21. The number of nitrogens with zero attached hydrogens (tertiary/aromatic N) is 3. The summed E-state index contributed by atoms with van der Waals surface area (Å²) < 4.78 is 0. The van der Waals surface area contributed by atoms with Gasteiger partial charge in [-0.3, -0.25) is 19.7 Å². The summed E-state index contributed by atoms with van der Waals surface area (Å²) in [6, 6.07) is 9.77. The van der Waals surface area contributed by atoms with Gasteiger partial charge in [0.25, 0.3) is 5.91 Å². The third kappa shape index (κ3) is 2.89. The highest BCUT2D eigenvalue weighted by Crippen LogP contribution is 2.31. The van der Waals surface area contributed by atoms with Gasteiger partial charge in [-0.05, 0) is 36.2 Å². The monoisotopic (exact) mass is 361 g/mol. The Morgan fingerprint density at radius 3 is 2.78 bits per heavy atom. The number of nitriles is 1. The third-order valence-corrected chi connectivity index (χ3v) is 4.79. The molecule has 0 spiro atoms. The lowest BCUT2D eigenvalue weighted by atomic mass is 10.0. The molecule has 0 radical (unpaired) electrons. The van der Waals surface area contributed by atoms with Crippen LogP contribution in [0.3, 0.4) is 0 Å². The first-order valence-electron chi connectivity index (χ1n) is 8.42. The van der Waals surface area contributed by atoms with Crippen LogP contribution in [0.1, 0.15) is 34.3 Å².